The molecular weight excluding hydrogens is 264 g/mol. The maximum atomic E-state index is 9.59. The Hall–Kier alpha value is -0.360. The third-order valence-electron chi connectivity index (χ3n) is 3.22. The van der Waals surface area contributed by atoms with E-state index < -0.39 is 49.2 Å². The molecule has 0 saturated carbocycles. The molecule has 0 aromatic carbocycles. The van der Waals surface area contributed by atoms with Gasteiger partial charge in [-0.2, -0.15) is 0 Å². The van der Waals surface area contributed by atoms with Crippen LogP contribution in [0.2, 0.25) is 0 Å². The molecule has 19 heavy (non-hydrogen) atoms. The van der Waals surface area contributed by atoms with Crippen molar-refractivity contribution in [3.63, 3.8) is 0 Å². The summed E-state index contributed by atoms with van der Waals surface area (Å²) in [5, 5.41) is 56.2. The molecule has 2 rings (SSSR count). The van der Waals surface area contributed by atoms with Gasteiger partial charge >= 0.3 is 0 Å². The van der Waals surface area contributed by atoms with E-state index in [0.29, 0.717) is 0 Å². The lowest BCUT2D eigenvalue weighted by atomic mass is 10.1. The van der Waals surface area contributed by atoms with Gasteiger partial charge in [-0.1, -0.05) is 0 Å². The highest BCUT2D eigenvalue weighted by Crippen LogP contribution is 2.22. The monoisotopic (exact) mass is 282 g/mol. The van der Waals surface area contributed by atoms with Crippen molar-refractivity contribution in [2.24, 2.45) is 0 Å². The first-order chi connectivity index (χ1) is 8.91. The lowest BCUT2D eigenvalue weighted by Crippen LogP contribution is -2.54. The molecule has 2 aliphatic rings. The van der Waals surface area contributed by atoms with E-state index in [9.17, 15) is 25.5 Å². The fourth-order valence-corrected chi connectivity index (χ4v) is 1.98. The molecule has 0 aromatic rings. The average Bonchev–Trinajstić information content (AvgIpc) is 2.63. The second-order valence-corrected chi connectivity index (χ2v) is 4.63. The SMILES string of the molecule is O[C@@H]1[C@@H](O)[C@@H](O)O[C@H]1CO[C@@H]1OC[C@H](O)[C@H](O)[C@H]1O. The summed E-state index contributed by atoms with van der Waals surface area (Å²) in [6.07, 6.45) is -10.5. The molecule has 0 bridgehead atoms. The molecule has 112 valence electrons. The van der Waals surface area contributed by atoms with Gasteiger partial charge < -0.3 is 44.8 Å². The van der Waals surface area contributed by atoms with Gasteiger partial charge in [-0.05, 0) is 0 Å². The van der Waals surface area contributed by atoms with Crippen LogP contribution in [0.15, 0.2) is 0 Å². The van der Waals surface area contributed by atoms with Crippen LogP contribution in [0.5, 0.6) is 0 Å². The molecule has 0 spiro atoms. The van der Waals surface area contributed by atoms with E-state index in [1.807, 2.05) is 0 Å². The van der Waals surface area contributed by atoms with Gasteiger partial charge in [0.15, 0.2) is 12.6 Å². The lowest BCUT2D eigenvalue weighted by molar-refractivity contribution is -0.278. The van der Waals surface area contributed by atoms with Crippen LogP contribution in [-0.4, -0.2) is 93.1 Å². The number of hydrogen-bond acceptors (Lipinski definition) is 9. The first kappa shape index (κ1) is 15.0. The second-order valence-electron chi connectivity index (χ2n) is 4.63. The van der Waals surface area contributed by atoms with Crippen molar-refractivity contribution >= 4 is 0 Å². The third kappa shape index (κ3) is 3.05. The predicted molar refractivity (Wildman–Crippen MR) is 56.6 cm³/mol. The second kappa shape index (κ2) is 5.95. The molecule has 2 fully saturated rings. The molecule has 0 amide bonds. The third-order valence-corrected chi connectivity index (χ3v) is 3.22. The average molecular weight is 282 g/mol. The summed E-state index contributed by atoms with van der Waals surface area (Å²) in [5.41, 5.74) is 0. The van der Waals surface area contributed by atoms with Gasteiger partial charge in [-0.15, -0.1) is 0 Å². The topological polar surface area (TPSA) is 149 Å². The largest absolute Gasteiger partial charge is 0.388 e. The Morgan fingerprint density at radius 2 is 1.58 bits per heavy atom. The molecule has 0 aliphatic carbocycles. The molecular formula is C10H18O9. The summed E-state index contributed by atoms with van der Waals surface area (Å²) in [7, 11) is 0. The molecule has 6 N–H and O–H groups in total. The predicted octanol–water partition coefficient (Wildman–Crippen LogP) is -4.12. The molecule has 0 aromatic heterocycles. The van der Waals surface area contributed by atoms with E-state index in [1.165, 1.54) is 0 Å². The normalized spacial score (nSPS) is 51.5. The van der Waals surface area contributed by atoms with Crippen LogP contribution in [0.4, 0.5) is 0 Å². The minimum absolute atomic E-state index is 0.206. The van der Waals surface area contributed by atoms with Crippen molar-refractivity contribution in [3.05, 3.63) is 0 Å². The Morgan fingerprint density at radius 1 is 0.895 bits per heavy atom. The Balaban J connectivity index is 1.83. The van der Waals surface area contributed by atoms with E-state index in [1.54, 1.807) is 0 Å². The van der Waals surface area contributed by atoms with Crippen LogP contribution >= 0.6 is 0 Å². The minimum atomic E-state index is -1.51. The van der Waals surface area contributed by atoms with E-state index >= 15 is 0 Å². The van der Waals surface area contributed by atoms with E-state index in [0.717, 1.165) is 0 Å². The van der Waals surface area contributed by atoms with Crippen molar-refractivity contribution in [1.82, 2.24) is 0 Å². The van der Waals surface area contributed by atoms with Gasteiger partial charge in [-0.25, -0.2) is 0 Å². The number of rotatable bonds is 3. The summed E-state index contributed by atoms with van der Waals surface area (Å²) >= 11 is 0. The van der Waals surface area contributed by atoms with Gasteiger partial charge in [0, 0.05) is 0 Å². The van der Waals surface area contributed by atoms with Crippen molar-refractivity contribution in [3.8, 4) is 0 Å². The number of aliphatic hydroxyl groups excluding tert-OH is 6. The van der Waals surface area contributed by atoms with Gasteiger partial charge in [-0.3, -0.25) is 0 Å². The number of ether oxygens (including phenoxy) is 3. The standard InChI is InChI=1S/C10H18O9/c11-3-1-17-10(8(15)5(3)12)18-2-4-6(13)7(14)9(16)19-4/h3-16H,1-2H2/t3-,4-,5-,6-,7+,8+,9-,10-/m0/s1. The zero-order valence-corrected chi connectivity index (χ0v) is 9.94. The molecule has 2 aliphatic heterocycles. The van der Waals surface area contributed by atoms with Crippen molar-refractivity contribution in [2.75, 3.05) is 13.2 Å². The smallest absolute Gasteiger partial charge is 0.186 e. The van der Waals surface area contributed by atoms with Gasteiger partial charge in [0.1, 0.15) is 36.6 Å². The Bertz CT molecular complexity index is 301. The van der Waals surface area contributed by atoms with E-state index in [2.05, 4.69) is 0 Å². The zero-order valence-electron chi connectivity index (χ0n) is 9.94. The van der Waals surface area contributed by atoms with Crippen LogP contribution in [0.1, 0.15) is 0 Å². The van der Waals surface area contributed by atoms with Gasteiger partial charge in [0.2, 0.25) is 0 Å². The molecule has 2 heterocycles. The summed E-state index contributed by atoms with van der Waals surface area (Å²) in [6, 6.07) is 0. The summed E-state index contributed by atoms with van der Waals surface area (Å²) < 4.78 is 14.9. The van der Waals surface area contributed by atoms with Crippen LogP contribution in [-0.2, 0) is 14.2 Å². The molecule has 0 unspecified atom stereocenters. The quantitative estimate of drug-likeness (QED) is 0.303. The highest BCUT2D eigenvalue weighted by atomic mass is 16.7. The summed E-state index contributed by atoms with van der Waals surface area (Å²) in [5.74, 6) is 0. The highest BCUT2D eigenvalue weighted by molar-refractivity contribution is 4.87. The Labute approximate surface area is 108 Å². The van der Waals surface area contributed by atoms with Crippen LogP contribution in [0, 0.1) is 0 Å². The molecule has 8 atom stereocenters. The summed E-state index contributed by atoms with van der Waals surface area (Å²) in [6.45, 7) is -0.470. The van der Waals surface area contributed by atoms with Crippen molar-refractivity contribution < 1.29 is 44.8 Å². The maximum absolute atomic E-state index is 9.59. The van der Waals surface area contributed by atoms with Crippen LogP contribution in [0.3, 0.4) is 0 Å². The first-order valence-corrected chi connectivity index (χ1v) is 5.89. The number of aliphatic hydroxyl groups is 6. The maximum Gasteiger partial charge on any atom is 0.186 e. The van der Waals surface area contributed by atoms with E-state index in [-0.39, 0.29) is 13.2 Å². The molecule has 9 nitrogen and oxygen atoms in total. The first-order valence-electron chi connectivity index (χ1n) is 5.89. The van der Waals surface area contributed by atoms with Gasteiger partial charge in [0.25, 0.3) is 0 Å². The fourth-order valence-electron chi connectivity index (χ4n) is 1.98. The number of hydrogen-bond donors (Lipinski definition) is 6. The fraction of sp³-hybridized carbons (Fsp3) is 1.00. The molecule has 0 radical (unpaired) electrons. The Kier molecular flexibility index (Phi) is 4.71. The van der Waals surface area contributed by atoms with Gasteiger partial charge in [0.05, 0.1) is 13.2 Å². The lowest BCUT2D eigenvalue weighted by Gasteiger charge is -2.35. The summed E-state index contributed by atoms with van der Waals surface area (Å²) in [4.78, 5) is 0. The molecule has 2 saturated heterocycles. The minimum Gasteiger partial charge on any atom is -0.388 e. The zero-order chi connectivity index (χ0) is 14.2. The van der Waals surface area contributed by atoms with Crippen LogP contribution in [0.25, 0.3) is 0 Å². The van der Waals surface area contributed by atoms with Crippen LogP contribution < -0.4 is 0 Å². The highest BCUT2D eigenvalue weighted by Gasteiger charge is 2.44. The van der Waals surface area contributed by atoms with Crippen molar-refractivity contribution in [1.29, 1.82) is 0 Å². The van der Waals surface area contributed by atoms with Crippen molar-refractivity contribution in [2.45, 2.75) is 49.2 Å². The molecule has 9 heteroatoms. The van der Waals surface area contributed by atoms with E-state index in [4.69, 9.17) is 19.3 Å². The Morgan fingerprint density at radius 3 is 2.16 bits per heavy atom.